The fraction of sp³-hybridized carbons (Fsp3) is 0. The molecule has 0 aromatic heterocycles. The summed E-state index contributed by atoms with van der Waals surface area (Å²) in [6.07, 6.45) is 0. The second kappa shape index (κ2) is 5.45. The Hall–Kier alpha value is 1.31. The Balaban J connectivity index is -0.0000000800. The lowest BCUT2D eigenvalue weighted by Gasteiger charge is -1.73. The summed E-state index contributed by atoms with van der Waals surface area (Å²) in [6, 6.07) is 0. The quantitative estimate of drug-likeness (QED) is 0.641. The molecule has 0 aliphatic heterocycles. The van der Waals surface area contributed by atoms with E-state index in [4.69, 9.17) is 13.3 Å². The van der Waals surface area contributed by atoms with E-state index in [1.165, 1.54) is 0 Å². The molecule has 0 heterocycles. The molecule has 3 nitrogen and oxygen atoms in total. The third kappa shape index (κ3) is 120. The van der Waals surface area contributed by atoms with Crippen LogP contribution >= 0.6 is 36.4 Å². The van der Waals surface area contributed by atoms with Crippen LogP contribution in [0.5, 0.6) is 0 Å². The minimum atomic E-state index is -3.83. The van der Waals surface area contributed by atoms with Gasteiger partial charge in [0.15, 0.2) is 0 Å². The lowest BCUT2D eigenvalue weighted by atomic mass is 15.8. The molecule has 7 heteroatoms. The molecule has 0 aliphatic rings. The molecule has 0 aliphatic carbocycles. The van der Waals surface area contributed by atoms with E-state index >= 15 is 0 Å². The van der Waals surface area contributed by atoms with Gasteiger partial charge in [0.1, 0.15) is 0 Å². The van der Waals surface area contributed by atoms with E-state index in [2.05, 4.69) is 11.2 Å². The van der Waals surface area contributed by atoms with Crippen LogP contribution in [0.25, 0.3) is 0 Å². The van der Waals surface area contributed by atoms with Gasteiger partial charge in [-0.2, -0.15) is 4.21 Å². The topological polar surface area (TPSA) is 57.5 Å². The van der Waals surface area contributed by atoms with Crippen LogP contribution in [0.1, 0.15) is 0 Å². The van der Waals surface area contributed by atoms with Crippen molar-refractivity contribution in [1.29, 1.82) is 0 Å². The van der Waals surface area contributed by atoms with Crippen molar-refractivity contribution in [3.05, 3.63) is 0 Å². The van der Waals surface area contributed by atoms with E-state index in [-0.39, 0.29) is 36.4 Å². The lowest BCUT2D eigenvalue weighted by molar-refractivity contribution is 0.450. The highest BCUT2D eigenvalue weighted by Gasteiger charge is 1.78. The van der Waals surface area contributed by atoms with Gasteiger partial charge in [-0.25, -0.2) is 0 Å². The fourth-order valence-corrected chi connectivity index (χ4v) is 0. The first-order chi connectivity index (χ1) is 2.00. The van der Waals surface area contributed by atoms with Gasteiger partial charge in [0, 0.05) is 11.2 Å². The van der Waals surface area contributed by atoms with Crippen molar-refractivity contribution in [1.82, 2.24) is 0 Å². The first kappa shape index (κ1) is 15.7. The van der Waals surface area contributed by atoms with E-state index in [9.17, 15) is 0 Å². The number of rotatable bonds is 0. The van der Waals surface area contributed by atoms with Crippen LogP contribution in [0, 0.1) is 0 Å². The minimum absolute atomic E-state index is 0. The van der Waals surface area contributed by atoms with E-state index in [0.717, 1.165) is 0 Å². The van der Waals surface area contributed by atoms with Gasteiger partial charge in [0.05, 0.1) is 0 Å². The summed E-state index contributed by atoms with van der Waals surface area (Å²) in [6.45, 7) is 0. The molecule has 0 rings (SSSR count). The summed E-state index contributed by atoms with van der Waals surface area (Å²) >= 11 is 3.47. The summed E-state index contributed by atoms with van der Waals surface area (Å²) in [5.41, 5.74) is 0. The normalized spacial score (nSPS) is 8.29. The van der Waals surface area contributed by atoms with Crippen molar-refractivity contribution in [2.24, 2.45) is 0 Å². The highest BCUT2D eigenvalue weighted by molar-refractivity contribution is 14.0. The Morgan fingerprint density at radius 1 is 1.43 bits per heavy atom. The molecule has 0 aromatic rings. The van der Waals surface area contributed by atoms with Gasteiger partial charge in [0.2, 0.25) is 0 Å². The molecule has 0 saturated heterocycles. The monoisotopic (exact) mass is 278 g/mol. The van der Waals surface area contributed by atoms with E-state index < -0.39 is 9.05 Å². The fourth-order valence-electron chi connectivity index (χ4n) is 0. The SMILES string of the molecule is Cl.I.O=S(O)(O)=S. The molecule has 0 aromatic carbocycles. The highest BCUT2D eigenvalue weighted by Crippen LogP contribution is 1.62. The molecule has 0 amide bonds. The zero-order valence-electron chi connectivity index (χ0n) is 2.94. The smallest absolute Gasteiger partial charge is 0.263 e. The lowest BCUT2D eigenvalue weighted by Crippen LogP contribution is -1.86. The molecule has 0 fully saturated rings. The van der Waals surface area contributed by atoms with Crippen LogP contribution in [0.15, 0.2) is 0 Å². The molecular weight excluding hydrogens is 274 g/mol. The molecule has 0 radical (unpaired) electrons. The van der Waals surface area contributed by atoms with Crippen molar-refractivity contribution < 1.29 is 13.3 Å². The summed E-state index contributed by atoms with van der Waals surface area (Å²) in [5.74, 6) is 0. The van der Waals surface area contributed by atoms with Gasteiger partial charge in [-0.05, 0) is 0 Å². The molecule has 0 atom stereocenters. The van der Waals surface area contributed by atoms with Crippen molar-refractivity contribution in [2.75, 3.05) is 0 Å². The van der Waals surface area contributed by atoms with Gasteiger partial charge >= 0.3 is 0 Å². The maximum absolute atomic E-state index is 9.11. The Labute approximate surface area is 69.6 Å². The van der Waals surface area contributed by atoms with Crippen LogP contribution in [-0.2, 0) is 20.2 Å². The number of hydrogen-bond donors (Lipinski definition) is 2. The summed E-state index contributed by atoms with van der Waals surface area (Å²) in [7, 11) is -3.83. The first-order valence-corrected chi connectivity index (χ1v) is 3.10. The van der Waals surface area contributed by atoms with Crippen molar-refractivity contribution >= 4 is 56.6 Å². The van der Waals surface area contributed by atoms with Crippen LogP contribution in [0.2, 0.25) is 0 Å². The number of hydrogen-bond acceptors (Lipinski definition) is 2. The predicted octanol–water partition coefficient (Wildman–Crippen LogP) is 0.719. The molecule has 2 N–H and O–H groups in total. The van der Waals surface area contributed by atoms with E-state index in [1.54, 1.807) is 0 Å². The van der Waals surface area contributed by atoms with Crippen LogP contribution < -0.4 is 0 Å². The van der Waals surface area contributed by atoms with Crippen LogP contribution in [-0.4, -0.2) is 13.3 Å². The van der Waals surface area contributed by atoms with Gasteiger partial charge in [0.25, 0.3) is 9.05 Å². The van der Waals surface area contributed by atoms with Crippen molar-refractivity contribution in [3.8, 4) is 0 Å². The third-order valence-electron chi connectivity index (χ3n) is 0. The van der Waals surface area contributed by atoms with Crippen LogP contribution in [0.3, 0.4) is 0 Å². The zero-order valence-corrected chi connectivity index (χ0v) is 7.72. The summed E-state index contributed by atoms with van der Waals surface area (Å²) in [4.78, 5) is 0. The summed E-state index contributed by atoms with van der Waals surface area (Å²) in [5, 5.41) is 0. The average molecular weight is 279 g/mol. The first-order valence-electron chi connectivity index (χ1n) is 0.698. The molecule has 48 valence electrons. The Morgan fingerprint density at radius 3 is 1.43 bits per heavy atom. The van der Waals surface area contributed by atoms with E-state index in [0.29, 0.717) is 0 Å². The molecule has 0 spiro atoms. The average Bonchev–Trinajstić information content (AvgIpc) is 0.722. The second-order valence-electron chi connectivity index (χ2n) is 0.448. The largest absolute Gasteiger partial charge is 0.285 e. The number of halogens is 2. The highest BCUT2D eigenvalue weighted by atomic mass is 127. The molecule has 0 bridgehead atoms. The van der Waals surface area contributed by atoms with Gasteiger partial charge in [-0.3, -0.25) is 9.11 Å². The molecular formula is H4ClIO3S2. The van der Waals surface area contributed by atoms with Gasteiger partial charge in [-0.1, -0.05) is 0 Å². The Morgan fingerprint density at radius 2 is 1.43 bits per heavy atom. The molecule has 0 unspecified atom stereocenters. The zero-order chi connectivity index (χ0) is 4.50. The van der Waals surface area contributed by atoms with Crippen molar-refractivity contribution in [2.45, 2.75) is 0 Å². The maximum Gasteiger partial charge on any atom is 0.263 e. The maximum atomic E-state index is 9.11. The van der Waals surface area contributed by atoms with Gasteiger partial charge in [-0.15, -0.1) is 36.4 Å². The Kier molecular flexibility index (Phi) is 12.3. The van der Waals surface area contributed by atoms with Crippen molar-refractivity contribution in [3.63, 3.8) is 0 Å². The van der Waals surface area contributed by atoms with E-state index in [1.807, 2.05) is 0 Å². The Bertz CT molecular complexity index is 96.1. The van der Waals surface area contributed by atoms with Crippen LogP contribution in [0.4, 0.5) is 0 Å². The molecule has 7 heavy (non-hydrogen) atoms. The summed E-state index contributed by atoms with van der Waals surface area (Å²) < 4.78 is 24.0. The predicted molar refractivity (Wildman–Crippen MR) is 43.4 cm³/mol. The molecule has 0 saturated carbocycles. The third-order valence-corrected chi connectivity index (χ3v) is 0. The minimum Gasteiger partial charge on any atom is -0.285 e. The standard InChI is InChI=1S/ClH.HI.H2O3S2/c;;1-5(2,3)4/h2*1H;(H2,1,2,3,4). The second-order valence-corrected chi connectivity index (χ2v) is 2.65. The van der Waals surface area contributed by atoms with Gasteiger partial charge < -0.3 is 0 Å².